The molecular weight excluding hydrogens is 394 g/mol. The number of aliphatic hydroxyl groups is 1. The van der Waals surface area contributed by atoms with Crippen molar-refractivity contribution in [3.8, 4) is 6.07 Å². The van der Waals surface area contributed by atoms with E-state index in [1.54, 1.807) is 6.20 Å². The first-order valence-electron chi connectivity index (χ1n) is 13.6. The van der Waals surface area contributed by atoms with Crippen LogP contribution in [-0.2, 0) is 6.54 Å². The van der Waals surface area contributed by atoms with Crippen LogP contribution in [0.5, 0.6) is 0 Å². The molecule has 0 radical (unpaired) electrons. The maximum absolute atomic E-state index is 11.2. The van der Waals surface area contributed by atoms with E-state index in [-0.39, 0.29) is 5.60 Å². The third kappa shape index (κ3) is 3.29. The van der Waals surface area contributed by atoms with Crippen molar-refractivity contribution >= 4 is 0 Å². The second-order valence-corrected chi connectivity index (χ2v) is 12.8. The lowest BCUT2D eigenvalue weighted by Crippen LogP contribution is -2.51. The quantitative estimate of drug-likeness (QED) is 0.650. The molecule has 5 fully saturated rings. The van der Waals surface area contributed by atoms with Crippen molar-refractivity contribution in [3.05, 3.63) is 18.0 Å². The molecule has 4 heteroatoms. The second kappa shape index (κ2) is 7.59. The van der Waals surface area contributed by atoms with E-state index in [1.165, 1.54) is 57.8 Å². The Morgan fingerprint density at radius 1 is 1.09 bits per heavy atom. The minimum atomic E-state index is -0.303. The van der Waals surface area contributed by atoms with Crippen LogP contribution in [0.3, 0.4) is 0 Å². The smallest absolute Gasteiger partial charge is 0.102 e. The first-order valence-corrected chi connectivity index (χ1v) is 13.6. The molecule has 6 rings (SSSR count). The molecule has 4 nitrogen and oxygen atoms in total. The topological polar surface area (TPSA) is 61.8 Å². The van der Waals surface area contributed by atoms with Gasteiger partial charge < -0.3 is 5.11 Å². The second-order valence-electron chi connectivity index (χ2n) is 12.8. The Morgan fingerprint density at radius 3 is 2.66 bits per heavy atom. The molecular formula is C28H41N3O. The molecule has 1 aromatic heterocycles. The number of aromatic nitrogens is 2. The zero-order valence-electron chi connectivity index (χ0n) is 20.0. The summed E-state index contributed by atoms with van der Waals surface area (Å²) in [6.45, 7) is 5.99. The van der Waals surface area contributed by atoms with Crippen LogP contribution >= 0.6 is 0 Å². The van der Waals surface area contributed by atoms with Crippen LogP contribution in [0.1, 0.15) is 90.0 Å². The van der Waals surface area contributed by atoms with Gasteiger partial charge >= 0.3 is 0 Å². The Labute approximate surface area is 193 Å². The third-order valence-corrected chi connectivity index (χ3v) is 11.4. The van der Waals surface area contributed by atoms with Crippen LogP contribution in [0.25, 0.3) is 0 Å². The largest absolute Gasteiger partial charge is 0.390 e. The average Bonchev–Trinajstić information content (AvgIpc) is 3.46. The molecule has 0 amide bonds. The predicted molar refractivity (Wildman–Crippen MR) is 124 cm³/mol. The van der Waals surface area contributed by atoms with E-state index in [2.05, 4.69) is 25.0 Å². The van der Waals surface area contributed by atoms with Crippen LogP contribution in [-0.4, -0.2) is 20.5 Å². The number of nitriles is 1. The fourth-order valence-corrected chi connectivity index (χ4v) is 9.82. The third-order valence-electron chi connectivity index (χ3n) is 11.4. The van der Waals surface area contributed by atoms with E-state index in [4.69, 9.17) is 5.26 Å². The zero-order chi connectivity index (χ0) is 22.1. The highest BCUT2D eigenvalue weighted by molar-refractivity contribution is 5.21. The van der Waals surface area contributed by atoms with Gasteiger partial charge in [-0.25, -0.2) is 0 Å². The normalized spacial score (nSPS) is 46.6. The van der Waals surface area contributed by atoms with Gasteiger partial charge in [0.2, 0.25) is 0 Å². The summed E-state index contributed by atoms with van der Waals surface area (Å²) in [6, 6.07) is 2.21. The first kappa shape index (κ1) is 21.2. The van der Waals surface area contributed by atoms with E-state index in [1.807, 2.05) is 10.9 Å². The molecule has 5 aliphatic carbocycles. The van der Waals surface area contributed by atoms with Gasteiger partial charge in [-0.3, -0.25) is 4.68 Å². The van der Waals surface area contributed by atoms with Gasteiger partial charge in [0.1, 0.15) is 6.07 Å². The van der Waals surface area contributed by atoms with Crippen molar-refractivity contribution < 1.29 is 5.11 Å². The van der Waals surface area contributed by atoms with E-state index in [0.717, 1.165) is 54.9 Å². The molecule has 9 atom stereocenters. The van der Waals surface area contributed by atoms with Gasteiger partial charge in [-0.15, -0.1) is 0 Å². The monoisotopic (exact) mass is 435 g/mol. The van der Waals surface area contributed by atoms with E-state index in [9.17, 15) is 5.11 Å². The van der Waals surface area contributed by atoms with Crippen molar-refractivity contribution in [1.29, 1.82) is 5.26 Å². The molecule has 1 heterocycles. The van der Waals surface area contributed by atoms with Gasteiger partial charge in [0, 0.05) is 12.7 Å². The van der Waals surface area contributed by atoms with E-state index < -0.39 is 0 Å². The lowest BCUT2D eigenvalue weighted by atomic mass is 9.48. The van der Waals surface area contributed by atoms with Crippen LogP contribution in [0.15, 0.2) is 12.4 Å². The summed E-state index contributed by atoms with van der Waals surface area (Å²) in [5.74, 6) is 6.44. The van der Waals surface area contributed by atoms with Gasteiger partial charge in [-0.05, 0) is 123 Å². The molecule has 0 saturated heterocycles. The summed E-state index contributed by atoms with van der Waals surface area (Å²) < 4.78 is 2.00. The standard InChI is InChI=1S/C28H41N3O/c1-18(16-31-17-19(14-29)15-30-31)25-7-8-26-24-6-3-20-13-28(32,21-4-5-21)12-10-22(20)23(24)9-11-27(25,26)2/h15,17-18,20-26,32H,3-13,16H2,1-2H3/t18-,20-,22+,23-,24-,25?,26+,27-,28-/m1/s1. The lowest BCUT2D eigenvalue weighted by Gasteiger charge is -2.57. The van der Waals surface area contributed by atoms with Crippen molar-refractivity contribution in [2.75, 3.05) is 0 Å². The van der Waals surface area contributed by atoms with Crippen molar-refractivity contribution in [1.82, 2.24) is 9.78 Å². The van der Waals surface area contributed by atoms with E-state index in [0.29, 0.717) is 22.8 Å². The molecule has 0 bridgehead atoms. The fourth-order valence-electron chi connectivity index (χ4n) is 9.82. The molecule has 1 unspecified atom stereocenters. The summed E-state index contributed by atoms with van der Waals surface area (Å²) in [7, 11) is 0. The number of hydrogen-bond acceptors (Lipinski definition) is 3. The molecule has 1 N–H and O–H groups in total. The van der Waals surface area contributed by atoms with Gasteiger partial charge in [-0.2, -0.15) is 10.4 Å². The predicted octanol–water partition coefficient (Wildman–Crippen LogP) is 5.80. The number of hydrogen-bond donors (Lipinski definition) is 1. The van der Waals surface area contributed by atoms with Crippen LogP contribution in [0.4, 0.5) is 0 Å². The highest BCUT2D eigenvalue weighted by atomic mass is 16.3. The molecule has 32 heavy (non-hydrogen) atoms. The van der Waals surface area contributed by atoms with Crippen LogP contribution in [0, 0.1) is 64.1 Å². The number of fused-ring (bicyclic) bond motifs is 5. The molecule has 0 aromatic carbocycles. The highest BCUT2D eigenvalue weighted by Crippen LogP contribution is 2.66. The minimum absolute atomic E-state index is 0.303. The highest BCUT2D eigenvalue weighted by Gasteiger charge is 2.59. The summed E-state index contributed by atoms with van der Waals surface area (Å²) in [5, 5.41) is 24.8. The van der Waals surface area contributed by atoms with Crippen LogP contribution in [0.2, 0.25) is 0 Å². The fraction of sp³-hybridized carbons (Fsp3) is 0.857. The summed E-state index contributed by atoms with van der Waals surface area (Å²) in [6.07, 6.45) is 18.0. The Balaban J connectivity index is 1.15. The Bertz CT molecular complexity index is 899. The zero-order valence-corrected chi connectivity index (χ0v) is 20.0. The molecule has 5 aliphatic rings. The van der Waals surface area contributed by atoms with Crippen LogP contribution < -0.4 is 0 Å². The molecule has 174 valence electrons. The van der Waals surface area contributed by atoms with Crippen molar-refractivity contribution in [2.45, 2.75) is 96.6 Å². The molecule has 1 aromatic rings. The van der Waals surface area contributed by atoms with E-state index >= 15 is 0 Å². The summed E-state index contributed by atoms with van der Waals surface area (Å²) >= 11 is 0. The Kier molecular flexibility index (Phi) is 5.03. The molecule has 0 aliphatic heterocycles. The summed E-state index contributed by atoms with van der Waals surface area (Å²) in [4.78, 5) is 0. The van der Waals surface area contributed by atoms with Gasteiger partial charge in [0.05, 0.1) is 17.4 Å². The molecule has 0 spiro atoms. The van der Waals surface area contributed by atoms with Crippen molar-refractivity contribution in [3.63, 3.8) is 0 Å². The maximum atomic E-state index is 11.2. The van der Waals surface area contributed by atoms with Gasteiger partial charge in [0.15, 0.2) is 0 Å². The Morgan fingerprint density at radius 2 is 1.91 bits per heavy atom. The minimum Gasteiger partial charge on any atom is -0.390 e. The summed E-state index contributed by atoms with van der Waals surface area (Å²) in [5.41, 5.74) is 0.844. The average molecular weight is 436 g/mol. The van der Waals surface area contributed by atoms with Gasteiger partial charge in [-0.1, -0.05) is 13.8 Å². The van der Waals surface area contributed by atoms with Gasteiger partial charge in [0.25, 0.3) is 0 Å². The maximum Gasteiger partial charge on any atom is 0.102 e. The first-order chi connectivity index (χ1) is 15.4. The molecule has 5 saturated carbocycles. The lowest BCUT2D eigenvalue weighted by molar-refractivity contribution is -0.115. The SMILES string of the molecule is C[C@H](Cn1cc(C#N)cn1)C1CC[C@H]2[C@@H]3CC[C@@H]4C[C@@](O)(C5CC5)CC[C@@H]4[C@H]3CC[C@]12C. The number of nitrogens with zero attached hydrogens (tertiary/aromatic N) is 3. The van der Waals surface area contributed by atoms with Crippen molar-refractivity contribution in [2.24, 2.45) is 52.8 Å². The Hall–Kier alpha value is -1.34. The number of rotatable bonds is 4.